The molecular weight excluding hydrogens is 380 g/mol. The van der Waals surface area contributed by atoms with Crippen LogP contribution in [0.2, 0.25) is 0 Å². The van der Waals surface area contributed by atoms with Crippen LogP contribution in [0.15, 0.2) is 54.7 Å². The van der Waals surface area contributed by atoms with E-state index in [0.29, 0.717) is 12.2 Å². The summed E-state index contributed by atoms with van der Waals surface area (Å²) >= 11 is 0. The molecule has 7 heteroatoms. The van der Waals surface area contributed by atoms with Gasteiger partial charge in [-0.15, -0.1) is 0 Å². The van der Waals surface area contributed by atoms with Crippen molar-refractivity contribution in [2.24, 2.45) is 7.05 Å². The largest absolute Gasteiger partial charge is 0.497 e. The number of methoxy groups -OCH3 is 2. The van der Waals surface area contributed by atoms with Gasteiger partial charge in [-0.25, -0.2) is 4.79 Å². The molecule has 1 N–H and O–H groups in total. The monoisotopic (exact) mass is 406 g/mol. The Kier molecular flexibility index (Phi) is 5.61. The maximum Gasteiger partial charge on any atom is 0.322 e. The minimum Gasteiger partial charge on any atom is -0.497 e. The highest BCUT2D eigenvalue weighted by Crippen LogP contribution is 2.39. The van der Waals surface area contributed by atoms with Crippen LogP contribution in [-0.2, 0) is 7.05 Å². The van der Waals surface area contributed by atoms with E-state index < -0.39 is 0 Å². The van der Waals surface area contributed by atoms with Gasteiger partial charge >= 0.3 is 6.03 Å². The predicted octanol–water partition coefficient (Wildman–Crippen LogP) is 4.47. The minimum absolute atomic E-state index is 0.0769. The van der Waals surface area contributed by atoms with E-state index in [2.05, 4.69) is 10.4 Å². The normalized spacial score (nSPS) is 15.8. The summed E-state index contributed by atoms with van der Waals surface area (Å²) in [7, 11) is 5.13. The summed E-state index contributed by atoms with van der Waals surface area (Å²) in [6.45, 7) is 0.678. The van der Waals surface area contributed by atoms with E-state index in [0.717, 1.165) is 41.2 Å². The molecule has 3 aromatic rings. The Morgan fingerprint density at radius 2 is 1.93 bits per heavy atom. The van der Waals surface area contributed by atoms with Gasteiger partial charge in [-0.3, -0.25) is 4.68 Å². The van der Waals surface area contributed by atoms with E-state index in [1.54, 1.807) is 18.9 Å². The zero-order chi connectivity index (χ0) is 21.1. The van der Waals surface area contributed by atoms with Gasteiger partial charge in [0.1, 0.15) is 17.2 Å². The van der Waals surface area contributed by atoms with Crippen molar-refractivity contribution in [2.75, 3.05) is 26.1 Å². The molecule has 1 aliphatic heterocycles. The quantitative estimate of drug-likeness (QED) is 0.679. The number of nitrogens with zero attached hydrogens (tertiary/aromatic N) is 3. The van der Waals surface area contributed by atoms with Gasteiger partial charge in [-0.1, -0.05) is 30.3 Å². The highest BCUT2D eigenvalue weighted by Gasteiger charge is 2.33. The summed E-state index contributed by atoms with van der Waals surface area (Å²) in [4.78, 5) is 15.1. The Hall–Kier alpha value is -3.48. The molecule has 1 atom stereocenters. The number of benzene rings is 2. The van der Waals surface area contributed by atoms with Crippen LogP contribution in [0.1, 0.15) is 24.4 Å². The van der Waals surface area contributed by atoms with Gasteiger partial charge in [0.2, 0.25) is 0 Å². The first-order chi connectivity index (χ1) is 14.6. The second-order valence-corrected chi connectivity index (χ2v) is 7.32. The lowest BCUT2D eigenvalue weighted by Gasteiger charge is -2.26. The summed E-state index contributed by atoms with van der Waals surface area (Å²) in [5.74, 6) is 1.50. The van der Waals surface area contributed by atoms with Crippen LogP contribution in [0.25, 0.3) is 11.3 Å². The standard InChI is InChI=1S/C23H26N4O3/c1-26-15-19(22(25-26)16-8-5-4-6-9-16)24-23(28)27-13-7-10-20(27)18-14-17(29-2)11-12-21(18)30-3/h4-6,8-9,11-12,14-15,20H,7,10,13H2,1-3H3,(H,24,28)/t20-/m0/s1. The molecule has 0 bridgehead atoms. The molecule has 1 aromatic heterocycles. The fourth-order valence-corrected chi connectivity index (χ4v) is 4.01. The van der Waals surface area contributed by atoms with Crippen LogP contribution >= 0.6 is 0 Å². The number of hydrogen-bond acceptors (Lipinski definition) is 4. The first kappa shape index (κ1) is 19.8. The van der Waals surface area contributed by atoms with Gasteiger partial charge in [0, 0.05) is 30.9 Å². The molecule has 0 spiro atoms. The fourth-order valence-electron chi connectivity index (χ4n) is 4.01. The highest BCUT2D eigenvalue weighted by molar-refractivity contribution is 5.93. The Morgan fingerprint density at radius 1 is 1.13 bits per heavy atom. The molecule has 156 valence electrons. The van der Waals surface area contributed by atoms with E-state index in [1.807, 2.05) is 66.7 Å². The summed E-state index contributed by atoms with van der Waals surface area (Å²) in [6, 6.07) is 15.3. The molecule has 1 saturated heterocycles. The van der Waals surface area contributed by atoms with Crippen LogP contribution in [0, 0.1) is 0 Å². The number of carbonyl (C=O) groups excluding carboxylic acids is 1. The number of ether oxygens (including phenoxy) is 2. The molecule has 2 amide bonds. The Bertz CT molecular complexity index is 1030. The van der Waals surface area contributed by atoms with Gasteiger partial charge < -0.3 is 19.7 Å². The average molecular weight is 406 g/mol. The molecule has 4 rings (SSSR count). The topological polar surface area (TPSA) is 68.6 Å². The molecule has 0 saturated carbocycles. The maximum atomic E-state index is 13.3. The number of carbonyl (C=O) groups is 1. The SMILES string of the molecule is COc1ccc(OC)c([C@@H]2CCCN2C(=O)Nc2cn(C)nc2-c2ccccc2)c1. The van der Waals surface area contributed by atoms with Gasteiger partial charge in [0.25, 0.3) is 0 Å². The van der Waals surface area contributed by atoms with Gasteiger partial charge in [0.15, 0.2) is 0 Å². The lowest BCUT2D eigenvalue weighted by Crippen LogP contribution is -2.34. The van der Waals surface area contributed by atoms with Crippen LogP contribution in [-0.4, -0.2) is 41.5 Å². The maximum absolute atomic E-state index is 13.3. The summed E-state index contributed by atoms with van der Waals surface area (Å²) in [5.41, 5.74) is 3.36. The van der Waals surface area contributed by atoms with E-state index >= 15 is 0 Å². The number of nitrogens with one attached hydrogen (secondary N) is 1. The van der Waals surface area contributed by atoms with E-state index in [9.17, 15) is 4.79 Å². The first-order valence-electron chi connectivity index (χ1n) is 9.99. The summed E-state index contributed by atoms with van der Waals surface area (Å²) < 4.78 is 12.7. The lowest BCUT2D eigenvalue weighted by molar-refractivity contribution is 0.206. The Balaban J connectivity index is 1.60. The third-order valence-electron chi connectivity index (χ3n) is 5.43. The number of urea groups is 1. The average Bonchev–Trinajstić information content (AvgIpc) is 3.40. The Morgan fingerprint density at radius 3 is 2.67 bits per heavy atom. The van der Waals surface area contributed by atoms with E-state index in [1.165, 1.54) is 0 Å². The molecule has 0 aliphatic carbocycles. The predicted molar refractivity (Wildman–Crippen MR) is 116 cm³/mol. The molecule has 1 aliphatic rings. The Labute approximate surface area is 176 Å². The van der Waals surface area contributed by atoms with Gasteiger partial charge in [-0.05, 0) is 31.0 Å². The van der Waals surface area contributed by atoms with Crippen molar-refractivity contribution < 1.29 is 14.3 Å². The zero-order valence-corrected chi connectivity index (χ0v) is 17.5. The third kappa shape index (κ3) is 3.83. The highest BCUT2D eigenvalue weighted by atomic mass is 16.5. The molecule has 2 heterocycles. The molecule has 7 nitrogen and oxygen atoms in total. The first-order valence-corrected chi connectivity index (χ1v) is 9.99. The number of anilines is 1. The second kappa shape index (κ2) is 8.49. The van der Waals surface area contributed by atoms with Crippen molar-refractivity contribution >= 4 is 11.7 Å². The van der Waals surface area contributed by atoms with Crippen LogP contribution in [0.4, 0.5) is 10.5 Å². The molecule has 30 heavy (non-hydrogen) atoms. The van der Waals surface area contributed by atoms with Crippen molar-refractivity contribution in [2.45, 2.75) is 18.9 Å². The molecular formula is C23H26N4O3. The molecule has 0 unspecified atom stereocenters. The van der Waals surface area contributed by atoms with Crippen LogP contribution < -0.4 is 14.8 Å². The summed E-state index contributed by atoms with van der Waals surface area (Å²) in [5, 5.41) is 7.60. The lowest BCUT2D eigenvalue weighted by atomic mass is 10.0. The van der Waals surface area contributed by atoms with Crippen molar-refractivity contribution in [3.63, 3.8) is 0 Å². The molecule has 0 radical (unpaired) electrons. The number of amides is 2. The van der Waals surface area contributed by atoms with Crippen molar-refractivity contribution in [1.82, 2.24) is 14.7 Å². The number of likely N-dealkylation sites (tertiary alicyclic amines) is 1. The fraction of sp³-hybridized carbons (Fsp3) is 0.304. The van der Waals surface area contributed by atoms with Gasteiger partial charge in [-0.2, -0.15) is 5.10 Å². The van der Waals surface area contributed by atoms with Crippen molar-refractivity contribution in [3.8, 4) is 22.8 Å². The van der Waals surface area contributed by atoms with Gasteiger partial charge in [0.05, 0.1) is 25.9 Å². The van der Waals surface area contributed by atoms with Crippen LogP contribution in [0.3, 0.4) is 0 Å². The smallest absolute Gasteiger partial charge is 0.322 e. The van der Waals surface area contributed by atoms with E-state index in [4.69, 9.17) is 9.47 Å². The van der Waals surface area contributed by atoms with Crippen LogP contribution in [0.5, 0.6) is 11.5 Å². The summed E-state index contributed by atoms with van der Waals surface area (Å²) in [6.07, 6.45) is 3.63. The zero-order valence-electron chi connectivity index (χ0n) is 17.5. The van der Waals surface area contributed by atoms with Crippen molar-refractivity contribution in [1.29, 1.82) is 0 Å². The number of rotatable bonds is 5. The third-order valence-corrected chi connectivity index (χ3v) is 5.43. The minimum atomic E-state index is -0.146. The molecule has 1 fully saturated rings. The van der Waals surface area contributed by atoms with Crippen molar-refractivity contribution in [3.05, 3.63) is 60.3 Å². The van der Waals surface area contributed by atoms with E-state index in [-0.39, 0.29) is 12.1 Å². The second-order valence-electron chi connectivity index (χ2n) is 7.32. The number of aromatic nitrogens is 2. The number of aryl methyl sites for hydroxylation is 1. The molecule has 2 aromatic carbocycles. The number of hydrogen-bond donors (Lipinski definition) is 1.